The van der Waals surface area contributed by atoms with Crippen LogP contribution in [-0.4, -0.2) is 36.1 Å². The first-order valence-corrected chi connectivity index (χ1v) is 7.83. The number of halogens is 1. The van der Waals surface area contributed by atoms with Crippen molar-refractivity contribution in [2.24, 2.45) is 0 Å². The van der Waals surface area contributed by atoms with Crippen LogP contribution in [0, 0.1) is 0 Å². The number of nitrogens with one attached hydrogen (secondary N) is 1. The van der Waals surface area contributed by atoms with Crippen LogP contribution >= 0.6 is 11.6 Å². The Morgan fingerprint density at radius 2 is 2.00 bits per heavy atom. The number of nitrogens with zero attached hydrogens (tertiary/aromatic N) is 2. The van der Waals surface area contributed by atoms with Crippen molar-refractivity contribution in [3.63, 3.8) is 0 Å². The summed E-state index contributed by atoms with van der Waals surface area (Å²) in [7, 11) is 1.59. The van der Waals surface area contributed by atoms with Gasteiger partial charge in [-0.15, -0.1) is 0 Å². The molecular formula is C18H16ClN3O2. The number of hydrogen-bond donors (Lipinski definition) is 1. The van der Waals surface area contributed by atoms with Gasteiger partial charge in [0.15, 0.2) is 0 Å². The second kappa shape index (κ2) is 7.38. The van der Waals surface area contributed by atoms with E-state index in [4.69, 9.17) is 16.3 Å². The average Bonchev–Trinajstić information content (AvgIpc) is 2.61. The molecule has 2 heterocycles. The summed E-state index contributed by atoms with van der Waals surface area (Å²) >= 11 is 5.95. The molecule has 0 bridgehead atoms. The number of fused-ring (bicyclic) bond motifs is 1. The third-order valence-electron chi connectivity index (χ3n) is 3.62. The summed E-state index contributed by atoms with van der Waals surface area (Å²) in [6.45, 7) is 0.917. The fraction of sp³-hybridized carbons (Fsp3) is 0.167. The predicted molar refractivity (Wildman–Crippen MR) is 94.2 cm³/mol. The monoisotopic (exact) mass is 341 g/mol. The maximum atomic E-state index is 12.2. The van der Waals surface area contributed by atoms with Gasteiger partial charge in [-0.05, 0) is 23.8 Å². The Hall–Kier alpha value is -2.50. The van der Waals surface area contributed by atoms with Gasteiger partial charge in [-0.25, -0.2) is 0 Å². The van der Waals surface area contributed by atoms with Crippen LogP contribution in [0.5, 0.6) is 0 Å². The van der Waals surface area contributed by atoms with Gasteiger partial charge in [-0.3, -0.25) is 14.8 Å². The van der Waals surface area contributed by atoms with E-state index < -0.39 is 0 Å². The minimum Gasteiger partial charge on any atom is -0.383 e. The van der Waals surface area contributed by atoms with E-state index in [-0.39, 0.29) is 5.91 Å². The molecule has 0 fully saturated rings. The molecule has 2 aromatic heterocycles. The summed E-state index contributed by atoms with van der Waals surface area (Å²) in [6.07, 6.45) is 5.00. The lowest BCUT2D eigenvalue weighted by molar-refractivity contribution is 0.0937. The van der Waals surface area contributed by atoms with E-state index in [0.29, 0.717) is 23.7 Å². The van der Waals surface area contributed by atoms with E-state index in [1.807, 2.05) is 30.3 Å². The van der Waals surface area contributed by atoms with Gasteiger partial charge < -0.3 is 10.1 Å². The molecular weight excluding hydrogens is 326 g/mol. The topological polar surface area (TPSA) is 64.1 Å². The number of methoxy groups -OCH3 is 1. The van der Waals surface area contributed by atoms with Gasteiger partial charge in [-0.1, -0.05) is 23.7 Å². The zero-order valence-corrected chi connectivity index (χ0v) is 13.9. The number of ether oxygens (including phenoxy) is 1. The normalized spacial score (nSPS) is 10.8. The molecule has 0 aliphatic rings. The Labute approximate surface area is 144 Å². The highest BCUT2D eigenvalue weighted by molar-refractivity contribution is 6.30. The van der Waals surface area contributed by atoms with Gasteiger partial charge in [-0.2, -0.15) is 0 Å². The third-order valence-corrected chi connectivity index (χ3v) is 3.87. The molecule has 1 N–H and O–H groups in total. The first kappa shape index (κ1) is 16.4. The number of carbonyl (C=O) groups excluding carboxylic acids is 1. The number of rotatable bonds is 5. The Bertz CT molecular complexity index is 866. The fourth-order valence-electron chi connectivity index (χ4n) is 2.40. The first-order chi connectivity index (χ1) is 11.7. The van der Waals surface area contributed by atoms with E-state index in [0.717, 1.165) is 22.0 Å². The van der Waals surface area contributed by atoms with Crippen LogP contribution in [0.3, 0.4) is 0 Å². The average molecular weight is 342 g/mol. The molecule has 0 radical (unpaired) electrons. The maximum Gasteiger partial charge on any atom is 0.252 e. The standard InChI is InChI=1S/C18H16ClN3O2/c1-24-7-6-21-18(23)13-8-15-16(10-20-11-17(15)22-9-13)12-2-4-14(19)5-3-12/h2-5,8-11H,6-7H2,1H3,(H,21,23). The molecule has 0 spiro atoms. The molecule has 24 heavy (non-hydrogen) atoms. The van der Waals surface area contributed by atoms with Crippen molar-refractivity contribution in [1.82, 2.24) is 15.3 Å². The summed E-state index contributed by atoms with van der Waals surface area (Å²) in [5.41, 5.74) is 3.11. The molecule has 0 unspecified atom stereocenters. The van der Waals surface area contributed by atoms with Crippen molar-refractivity contribution >= 4 is 28.4 Å². The molecule has 1 aromatic carbocycles. The molecule has 5 nitrogen and oxygen atoms in total. The number of carbonyl (C=O) groups is 1. The fourth-order valence-corrected chi connectivity index (χ4v) is 2.52. The molecule has 3 rings (SSSR count). The van der Waals surface area contributed by atoms with Gasteiger partial charge in [0, 0.05) is 42.0 Å². The van der Waals surface area contributed by atoms with Crippen LogP contribution in [0.15, 0.2) is 48.9 Å². The highest BCUT2D eigenvalue weighted by atomic mass is 35.5. The number of benzene rings is 1. The maximum absolute atomic E-state index is 12.2. The minimum absolute atomic E-state index is 0.180. The van der Waals surface area contributed by atoms with E-state index in [1.54, 1.807) is 25.7 Å². The van der Waals surface area contributed by atoms with Crippen LogP contribution in [-0.2, 0) is 4.74 Å². The van der Waals surface area contributed by atoms with Crippen LogP contribution in [0.25, 0.3) is 22.0 Å². The van der Waals surface area contributed by atoms with Gasteiger partial charge in [0.05, 0.1) is 23.9 Å². The molecule has 0 aliphatic carbocycles. The van der Waals surface area contributed by atoms with E-state index in [2.05, 4.69) is 15.3 Å². The quantitative estimate of drug-likeness (QED) is 0.723. The van der Waals surface area contributed by atoms with Crippen molar-refractivity contribution in [3.8, 4) is 11.1 Å². The molecule has 0 aliphatic heterocycles. The Morgan fingerprint density at radius 3 is 2.75 bits per heavy atom. The number of pyridine rings is 2. The second-order valence-corrected chi connectivity index (χ2v) is 5.67. The molecule has 0 saturated carbocycles. The molecule has 0 saturated heterocycles. The first-order valence-electron chi connectivity index (χ1n) is 7.46. The van der Waals surface area contributed by atoms with Gasteiger partial charge in [0.25, 0.3) is 5.91 Å². The Balaban J connectivity index is 2.00. The Kier molecular flexibility index (Phi) is 5.03. The lowest BCUT2D eigenvalue weighted by Crippen LogP contribution is -2.27. The van der Waals surface area contributed by atoms with E-state index in [9.17, 15) is 4.79 Å². The Morgan fingerprint density at radius 1 is 1.21 bits per heavy atom. The smallest absolute Gasteiger partial charge is 0.252 e. The van der Waals surface area contributed by atoms with Gasteiger partial charge in [0.1, 0.15) is 0 Å². The van der Waals surface area contributed by atoms with Crippen molar-refractivity contribution in [2.45, 2.75) is 0 Å². The highest BCUT2D eigenvalue weighted by Crippen LogP contribution is 2.28. The van der Waals surface area contributed by atoms with Crippen LogP contribution in [0.1, 0.15) is 10.4 Å². The summed E-state index contributed by atoms with van der Waals surface area (Å²) < 4.78 is 4.94. The third kappa shape index (κ3) is 3.53. The predicted octanol–water partition coefficient (Wildman–Crippen LogP) is 3.33. The van der Waals surface area contributed by atoms with E-state index >= 15 is 0 Å². The summed E-state index contributed by atoms with van der Waals surface area (Å²) in [6, 6.07) is 9.32. The largest absolute Gasteiger partial charge is 0.383 e. The van der Waals surface area contributed by atoms with Crippen molar-refractivity contribution in [1.29, 1.82) is 0 Å². The van der Waals surface area contributed by atoms with E-state index in [1.165, 1.54) is 0 Å². The molecule has 122 valence electrons. The van der Waals surface area contributed by atoms with Crippen LogP contribution in [0.4, 0.5) is 0 Å². The number of aromatic nitrogens is 2. The summed E-state index contributed by atoms with van der Waals surface area (Å²) in [4.78, 5) is 20.8. The summed E-state index contributed by atoms with van der Waals surface area (Å²) in [5.74, 6) is -0.180. The molecule has 1 amide bonds. The lowest BCUT2D eigenvalue weighted by atomic mass is 10.0. The lowest BCUT2D eigenvalue weighted by Gasteiger charge is -2.09. The van der Waals surface area contributed by atoms with Crippen LogP contribution in [0.2, 0.25) is 5.02 Å². The minimum atomic E-state index is -0.180. The summed E-state index contributed by atoms with van der Waals surface area (Å²) in [5, 5.41) is 4.33. The number of amides is 1. The molecule has 6 heteroatoms. The van der Waals surface area contributed by atoms with Crippen molar-refractivity contribution in [2.75, 3.05) is 20.3 Å². The highest BCUT2D eigenvalue weighted by Gasteiger charge is 2.10. The second-order valence-electron chi connectivity index (χ2n) is 5.23. The molecule has 3 aromatic rings. The van der Waals surface area contributed by atoms with Crippen molar-refractivity contribution in [3.05, 3.63) is 59.5 Å². The van der Waals surface area contributed by atoms with Gasteiger partial charge >= 0.3 is 0 Å². The number of hydrogen-bond acceptors (Lipinski definition) is 4. The van der Waals surface area contributed by atoms with Crippen LogP contribution < -0.4 is 5.32 Å². The molecule has 0 atom stereocenters. The van der Waals surface area contributed by atoms with Gasteiger partial charge in [0.2, 0.25) is 0 Å². The SMILES string of the molecule is COCCNC(=O)c1cnc2cncc(-c3ccc(Cl)cc3)c2c1. The zero-order chi connectivity index (χ0) is 16.9. The zero-order valence-electron chi connectivity index (χ0n) is 13.1. The van der Waals surface area contributed by atoms with Crippen molar-refractivity contribution < 1.29 is 9.53 Å².